The number of piperazine rings is 1. The molecule has 0 saturated carbocycles. The monoisotopic (exact) mass is 484 g/mol. The first-order chi connectivity index (χ1) is 16.0. The molecule has 1 aliphatic heterocycles. The Balaban J connectivity index is 1.36. The van der Waals surface area contributed by atoms with E-state index in [4.69, 9.17) is 27.9 Å². The van der Waals surface area contributed by atoms with Crippen LogP contribution in [-0.4, -0.2) is 46.8 Å². The summed E-state index contributed by atoms with van der Waals surface area (Å²) in [7, 11) is 0. The quantitative estimate of drug-likeness (QED) is 0.343. The molecule has 2 heterocycles. The molecule has 5 rings (SSSR count). The smallest absolute Gasteiger partial charge is 0.158 e. The van der Waals surface area contributed by atoms with E-state index in [0.717, 1.165) is 61.2 Å². The van der Waals surface area contributed by atoms with Crippen molar-refractivity contribution in [3.8, 4) is 5.75 Å². The maximum Gasteiger partial charge on any atom is 0.158 e. The van der Waals surface area contributed by atoms with Crippen molar-refractivity contribution < 1.29 is 4.74 Å². The van der Waals surface area contributed by atoms with Crippen LogP contribution >= 0.6 is 23.2 Å². The highest BCUT2D eigenvalue weighted by Gasteiger charge is 2.25. The first kappa shape index (κ1) is 22.7. The van der Waals surface area contributed by atoms with Crippen molar-refractivity contribution in [1.29, 1.82) is 0 Å². The highest BCUT2D eigenvalue weighted by molar-refractivity contribution is 6.34. The van der Waals surface area contributed by atoms with Crippen LogP contribution in [-0.2, 0) is 6.42 Å². The van der Waals surface area contributed by atoms with Crippen LogP contribution in [0.15, 0.2) is 42.0 Å². The summed E-state index contributed by atoms with van der Waals surface area (Å²) in [4.78, 5) is 2.36. The van der Waals surface area contributed by atoms with Gasteiger partial charge in [0.05, 0.1) is 5.52 Å². The van der Waals surface area contributed by atoms with Gasteiger partial charge in [-0.2, -0.15) is 5.10 Å². The fourth-order valence-corrected chi connectivity index (χ4v) is 5.37. The number of fused-ring (bicyclic) bond motifs is 2. The molecule has 0 amide bonds. The van der Waals surface area contributed by atoms with Gasteiger partial charge in [-0.05, 0) is 65.3 Å². The Morgan fingerprint density at radius 1 is 1.06 bits per heavy atom. The van der Waals surface area contributed by atoms with Crippen molar-refractivity contribution in [3.63, 3.8) is 0 Å². The molecule has 174 valence electrons. The zero-order valence-electron chi connectivity index (χ0n) is 19.1. The lowest BCUT2D eigenvalue weighted by atomic mass is 9.91. The van der Waals surface area contributed by atoms with E-state index in [0.29, 0.717) is 11.1 Å². The Bertz CT molecular complexity index is 1170. The molecule has 2 N–H and O–H groups in total. The Morgan fingerprint density at radius 3 is 2.67 bits per heavy atom. The summed E-state index contributed by atoms with van der Waals surface area (Å²) in [5, 5.41) is 11.9. The molecular formula is C26H30Cl2N4O. The Kier molecular flexibility index (Phi) is 6.66. The number of nitrogens with one attached hydrogen (secondary N) is 2. The number of aromatic nitrogens is 2. The number of hydrogen-bond donors (Lipinski definition) is 2. The average molecular weight is 485 g/mol. The molecule has 1 fully saturated rings. The Morgan fingerprint density at radius 2 is 1.88 bits per heavy atom. The maximum absolute atomic E-state index is 6.84. The SMILES string of the molecule is CC(C)C(Oc1ccc2c(c1)CCC(C(Cl)N1CCNCC1)=C2)c1ccc2[nH]nc(Cl)c2c1. The number of nitrogens with zero attached hydrogens (tertiary/aromatic N) is 2. The van der Waals surface area contributed by atoms with Gasteiger partial charge in [0.1, 0.15) is 17.4 Å². The molecule has 1 aliphatic carbocycles. The largest absolute Gasteiger partial charge is 0.485 e. The number of aromatic amines is 1. The Hall–Kier alpha value is -2.05. The molecule has 2 aromatic carbocycles. The van der Waals surface area contributed by atoms with Crippen LogP contribution in [0.25, 0.3) is 17.0 Å². The second kappa shape index (κ2) is 9.67. The molecule has 2 aliphatic rings. The number of aryl methyl sites for hydroxylation is 1. The number of hydrogen-bond acceptors (Lipinski definition) is 4. The number of halogens is 2. The van der Waals surface area contributed by atoms with Crippen LogP contribution in [0.1, 0.15) is 43.1 Å². The second-order valence-electron chi connectivity index (χ2n) is 9.30. The summed E-state index contributed by atoms with van der Waals surface area (Å²) < 4.78 is 6.53. The number of H-pyrrole nitrogens is 1. The van der Waals surface area contributed by atoms with Crippen LogP contribution in [0.2, 0.25) is 5.15 Å². The van der Waals surface area contributed by atoms with Gasteiger partial charge < -0.3 is 10.1 Å². The van der Waals surface area contributed by atoms with E-state index in [1.807, 2.05) is 6.07 Å². The van der Waals surface area contributed by atoms with E-state index < -0.39 is 0 Å². The van der Waals surface area contributed by atoms with Crippen molar-refractivity contribution in [2.45, 2.75) is 38.3 Å². The lowest BCUT2D eigenvalue weighted by Crippen LogP contribution is -2.47. The highest BCUT2D eigenvalue weighted by Crippen LogP contribution is 2.35. The van der Waals surface area contributed by atoms with Crippen LogP contribution in [0.3, 0.4) is 0 Å². The number of rotatable bonds is 6. The van der Waals surface area contributed by atoms with Gasteiger partial charge in [0.25, 0.3) is 0 Å². The summed E-state index contributed by atoms with van der Waals surface area (Å²) in [5.74, 6) is 1.19. The molecule has 3 aromatic rings. The summed E-state index contributed by atoms with van der Waals surface area (Å²) >= 11 is 13.1. The highest BCUT2D eigenvalue weighted by atomic mass is 35.5. The molecule has 33 heavy (non-hydrogen) atoms. The summed E-state index contributed by atoms with van der Waals surface area (Å²) in [6.07, 6.45) is 4.17. The molecule has 0 radical (unpaired) electrons. The summed E-state index contributed by atoms with van der Waals surface area (Å²) in [5.41, 5.74) is 5.88. The molecule has 2 atom stereocenters. The van der Waals surface area contributed by atoms with Gasteiger partial charge in [0, 0.05) is 31.6 Å². The zero-order chi connectivity index (χ0) is 22.9. The van der Waals surface area contributed by atoms with Gasteiger partial charge in [0.2, 0.25) is 0 Å². The van der Waals surface area contributed by atoms with Crippen LogP contribution < -0.4 is 10.1 Å². The molecule has 5 nitrogen and oxygen atoms in total. The summed E-state index contributed by atoms with van der Waals surface area (Å²) in [6, 6.07) is 12.6. The van der Waals surface area contributed by atoms with Gasteiger partial charge in [-0.15, -0.1) is 11.6 Å². The fraction of sp³-hybridized carbons (Fsp3) is 0.423. The molecule has 1 saturated heterocycles. The molecule has 0 spiro atoms. The zero-order valence-corrected chi connectivity index (χ0v) is 20.6. The molecule has 2 unspecified atom stereocenters. The minimum atomic E-state index is -0.0759. The van der Waals surface area contributed by atoms with E-state index >= 15 is 0 Å². The van der Waals surface area contributed by atoms with Crippen molar-refractivity contribution >= 4 is 40.2 Å². The van der Waals surface area contributed by atoms with Crippen molar-refractivity contribution in [1.82, 2.24) is 20.4 Å². The van der Waals surface area contributed by atoms with Gasteiger partial charge in [-0.1, -0.05) is 43.7 Å². The fourth-order valence-electron chi connectivity index (χ4n) is 4.81. The predicted octanol–water partition coefficient (Wildman–Crippen LogP) is 5.79. The molecule has 0 bridgehead atoms. The minimum absolute atomic E-state index is 0.0221. The van der Waals surface area contributed by atoms with E-state index in [1.165, 1.54) is 16.7 Å². The van der Waals surface area contributed by atoms with Crippen LogP contribution in [0.4, 0.5) is 0 Å². The third kappa shape index (κ3) is 4.78. The van der Waals surface area contributed by atoms with E-state index in [2.05, 4.69) is 70.7 Å². The topological polar surface area (TPSA) is 53.2 Å². The van der Waals surface area contributed by atoms with E-state index in [-0.39, 0.29) is 11.6 Å². The lowest BCUT2D eigenvalue weighted by Gasteiger charge is -2.34. The number of ether oxygens (including phenoxy) is 1. The van der Waals surface area contributed by atoms with Crippen molar-refractivity contribution in [2.24, 2.45) is 5.92 Å². The van der Waals surface area contributed by atoms with Crippen LogP contribution in [0, 0.1) is 5.92 Å². The van der Waals surface area contributed by atoms with Gasteiger partial charge >= 0.3 is 0 Å². The predicted molar refractivity (Wildman–Crippen MR) is 136 cm³/mol. The normalized spacial score (nSPS) is 18.8. The van der Waals surface area contributed by atoms with Crippen LogP contribution in [0.5, 0.6) is 5.75 Å². The first-order valence-corrected chi connectivity index (χ1v) is 12.5. The third-order valence-corrected chi connectivity index (χ3v) is 7.50. The van der Waals surface area contributed by atoms with Crippen molar-refractivity contribution in [3.05, 3.63) is 63.8 Å². The van der Waals surface area contributed by atoms with E-state index in [1.54, 1.807) is 0 Å². The number of alkyl halides is 1. The molecule has 1 aromatic heterocycles. The van der Waals surface area contributed by atoms with E-state index in [9.17, 15) is 0 Å². The minimum Gasteiger partial charge on any atom is -0.485 e. The Labute approximate surface area is 205 Å². The van der Waals surface area contributed by atoms with Gasteiger partial charge in [-0.3, -0.25) is 10.00 Å². The number of benzene rings is 2. The van der Waals surface area contributed by atoms with Gasteiger partial charge in [0.15, 0.2) is 5.15 Å². The maximum atomic E-state index is 6.84. The summed E-state index contributed by atoms with van der Waals surface area (Å²) in [6.45, 7) is 8.36. The average Bonchev–Trinajstić information content (AvgIpc) is 3.22. The van der Waals surface area contributed by atoms with Gasteiger partial charge in [-0.25, -0.2) is 0 Å². The molecule has 7 heteroatoms. The first-order valence-electron chi connectivity index (χ1n) is 11.7. The lowest BCUT2D eigenvalue weighted by molar-refractivity contribution is 0.153. The second-order valence-corrected chi connectivity index (χ2v) is 10.1. The third-order valence-electron chi connectivity index (χ3n) is 6.65. The molecular weight excluding hydrogens is 455 g/mol. The standard InChI is InChI=1S/C26H30Cl2N4O/c1-16(2)24(19-6-8-23-22(15-19)25(27)31-30-23)33-21-7-5-17-13-20(4-3-18(17)14-21)26(28)32-11-9-29-10-12-32/h5-8,13-16,24,26,29H,3-4,9-12H2,1-2H3,(H,30,31). The van der Waals surface area contributed by atoms with Crippen molar-refractivity contribution in [2.75, 3.05) is 26.2 Å².